The van der Waals surface area contributed by atoms with Gasteiger partial charge in [0.25, 0.3) is 11.4 Å². The summed E-state index contributed by atoms with van der Waals surface area (Å²) in [5.74, 6) is 1.58. The summed E-state index contributed by atoms with van der Waals surface area (Å²) in [6, 6.07) is 9.68. The molecule has 0 spiro atoms. The summed E-state index contributed by atoms with van der Waals surface area (Å²) >= 11 is 3.13. The molecule has 0 saturated carbocycles. The fourth-order valence-corrected chi connectivity index (χ4v) is 5.65. The Morgan fingerprint density at radius 1 is 1.18 bits per heavy atom. The van der Waals surface area contributed by atoms with Crippen LogP contribution in [0.15, 0.2) is 44.8 Å². The summed E-state index contributed by atoms with van der Waals surface area (Å²) in [5.41, 5.74) is 2.16. The van der Waals surface area contributed by atoms with Crippen LogP contribution in [0.3, 0.4) is 0 Å². The Balaban J connectivity index is 1.42. The van der Waals surface area contributed by atoms with E-state index in [-0.39, 0.29) is 5.56 Å². The highest BCUT2D eigenvalue weighted by Gasteiger charge is 2.21. The van der Waals surface area contributed by atoms with E-state index in [0.717, 1.165) is 35.0 Å². The van der Waals surface area contributed by atoms with Crippen molar-refractivity contribution in [2.45, 2.75) is 36.6 Å². The van der Waals surface area contributed by atoms with Gasteiger partial charge in [-0.1, -0.05) is 35.1 Å². The zero-order valence-electron chi connectivity index (χ0n) is 15.3. The van der Waals surface area contributed by atoms with Gasteiger partial charge in [0.2, 0.25) is 0 Å². The number of rotatable bonds is 4. The Labute approximate surface area is 169 Å². The Hall–Kier alpha value is -2.45. The minimum absolute atomic E-state index is 0.0463. The Bertz CT molecular complexity index is 1210. The van der Waals surface area contributed by atoms with Gasteiger partial charge in [0, 0.05) is 17.5 Å². The third-order valence-corrected chi connectivity index (χ3v) is 7.19. The van der Waals surface area contributed by atoms with Gasteiger partial charge < -0.3 is 4.52 Å². The first-order valence-corrected chi connectivity index (χ1v) is 11.0. The van der Waals surface area contributed by atoms with E-state index in [2.05, 4.69) is 10.1 Å². The van der Waals surface area contributed by atoms with E-state index in [9.17, 15) is 4.79 Å². The predicted octanol–water partition coefficient (Wildman–Crippen LogP) is 4.22. The largest absolute Gasteiger partial charge is 0.334 e. The Morgan fingerprint density at radius 3 is 2.86 bits per heavy atom. The van der Waals surface area contributed by atoms with Gasteiger partial charge in [-0.3, -0.25) is 9.36 Å². The van der Waals surface area contributed by atoms with Crippen LogP contribution in [0.2, 0.25) is 0 Å². The van der Waals surface area contributed by atoms with Gasteiger partial charge in [-0.2, -0.15) is 4.98 Å². The van der Waals surface area contributed by atoms with Crippen LogP contribution in [0.1, 0.15) is 29.1 Å². The van der Waals surface area contributed by atoms with E-state index in [0.29, 0.717) is 22.6 Å². The molecular formula is C20H18N4O2S2. The molecule has 28 heavy (non-hydrogen) atoms. The molecule has 0 radical (unpaired) electrons. The Kier molecular flexibility index (Phi) is 4.52. The number of hydrogen-bond donors (Lipinski definition) is 0. The molecule has 142 valence electrons. The third kappa shape index (κ3) is 3.06. The van der Waals surface area contributed by atoms with Gasteiger partial charge >= 0.3 is 0 Å². The lowest BCUT2D eigenvalue weighted by Gasteiger charge is -2.10. The van der Waals surface area contributed by atoms with Gasteiger partial charge in [0.15, 0.2) is 11.0 Å². The van der Waals surface area contributed by atoms with Crippen molar-refractivity contribution in [1.82, 2.24) is 19.7 Å². The second kappa shape index (κ2) is 7.18. The number of thioether (sulfide) groups is 1. The SMILES string of the molecule is Cn1c(SCc2noc(-c3ccccc3)n2)nc2sc3c(c2c1=O)CCCC3. The number of thiophene rings is 1. The van der Waals surface area contributed by atoms with E-state index in [1.165, 1.54) is 28.6 Å². The standard InChI is InChI=1S/C20H18N4O2S2/c1-24-19(25)16-13-9-5-6-10-14(13)28-18(16)22-20(24)27-11-15-21-17(26-23-15)12-7-3-2-4-8-12/h2-4,7-8H,5-6,9-11H2,1H3. The maximum atomic E-state index is 12.9. The van der Waals surface area contributed by atoms with Crippen LogP contribution in [-0.4, -0.2) is 19.7 Å². The monoisotopic (exact) mass is 410 g/mol. The van der Waals surface area contributed by atoms with Gasteiger partial charge in [-0.15, -0.1) is 11.3 Å². The highest BCUT2D eigenvalue weighted by atomic mass is 32.2. The first kappa shape index (κ1) is 17.6. The molecule has 0 atom stereocenters. The lowest BCUT2D eigenvalue weighted by atomic mass is 9.97. The maximum absolute atomic E-state index is 12.9. The molecule has 1 aromatic carbocycles. The normalized spacial score (nSPS) is 13.8. The summed E-state index contributed by atoms with van der Waals surface area (Å²) in [6.07, 6.45) is 4.40. The first-order valence-electron chi connectivity index (χ1n) is 9.23. The van der Waals surface area contributed by atoms with E-state index in [1.54, 1.807) is 23.0 Å². The summed E-state index contributed by atoms with van der Waals surface area (Å²) in [6.45, 7) is 0. The smallest absolute Gasteiger partial charge is 0.262 e. The predicted molar refractivity (Wildman–Crippen MR) is 111 cm³/mol. The molecule has 1 aliphatic carbocycles. The quantitative estimate of drug-likeness (QED) is 0.370. The molecule has 8 heteroatoms. The van der Waals surface area contributed by atoms with Crippen LogP contribution in [0, 0.1) is 0 Å². The highest BCUT2D eigenvalue weighted by Crippen LogP contribution is 2.34. The van der Waals surface area contributed by atoms with E-state index in [1.807, 2.05) is 30.3 Å². The number of hydrogen-bond acceptors (Lipinski definition) is 7. The molecule has 0 amide bonds. The van der Waals surface area contributed by atoms with Crippen molar-refractivity contribution in [1.29, 1.82) is 0 Å². The molecule has 4 aromatic rings. The van der Waals surface area contributed by atoms with Crippen molar-refractivity contribution >= 4 is 33.3 Å². The summed E-state index contributed by atoms with van der Waals surface area (Å²) in [5, 5.41) is 5.56. The number of nitrogens with zero attached hydrogens (tertiary/aromatic N) is 4. The fourth-order valence-electron chi connectivity index (χ4n) is 3.54. The summed E-state index contributed by atoms with van der Waals surface area (Å²) in [4.78, 5) is 24.4. The summed E-state index contributed by atoms with van der Waals surface area (Å²) < 4.78 is 7.00. The number of fused-ring (bicyclic) bond motifs is 3. The maximum Gasteiger partial charge on any atom is 0.262 e. The minimum atomic E-state index is 0.0463. The number of aryl methyl sites for hydroxylation is 2. The molecule has 0 aliphatic heterocycles. The first-order chi connectivity index (χ1) is 13.7. The molecule has 3 heterocycles. The van der Waals surface area contributed by atoms with Crippen LogP contribution in [0.4, 0.5) is 0 Å². The van der Waals surface area contributed by atoms with Gasteiger partial charge in [-0.05, 0) is 43.4 Å². The summed E-state index contributed by atoms with van der Waals surface area (Å²) in [7, 11) is 1.79. The molecular weight excluding hydrogens is 392 g/mol. The molecule has 6 nitrogen and oxygen atoms in total. The van der Waals surface area contributed by atoms with Crippen LogP contribution >= 0.6 is 23.1 Å². The van der Waals surface area contributed by atoms with Gasteiger partial charge in [0.1, 0.15) is 4.83 Å². The molecule has 0 N–H and O–H groups in total. The van der Waals surface area contributed by atoms with Crippen molar-refractivity contribution in [2.75, 3.05) is 0 Å². The lowest BCUT2D eigenvalue weighted by Crippen LogP contribution is -2.20. The molecule has 5 rings (SSSR count). The van der Waals surface area contributed by atoms with Gasteiger partial charge in [-0.25, -0.2) is 4.98 Å². The molecule has 0 bridgehead atoms. The average molecular weight is 411 g/mol. The molecule has 0 fully saturated rings. The average Bonchev–Trinajstić information content (AvgIpc) is 3.35. The van der Waals surface area contributed by atoms with Crippen molar-refractivity contribution in [3.63, 3.8) is 0 Å². The van der Waals surface area contributed by atoms with Crippen LogP contribution < -0.4 is 5.56 Å². The number of benzene rings is 1. The zero-order chi connectivity index (χ0) is 19.1. The van der Waals surface area contributed by atoms with Crippen molar-refractivity contribution in [3.8, 4) is 11.5 Å². The van der Waals surface area contributed by atoms with Crippen molar-refractivity contribution < 1.29 is 4.52 Å². The van der Waals surface area contributed by atoms with Crippen molar-refractivity contribution in [3.05, 3.63) is 57.0 Å². The molecule has 3 aromatic heterocycles. The van der Waals surface area contributed by atoms with Crippen LogP contribution in [-0.2, 0) is 25.6 Å². The number of aromatic nitrogens is 4. The van der Waals surface area contributed by atoms with Crippen LogP contribution in [0.25, 0.3) is 21.7 Å². The second-order valence-electron chi connectivity index (χ2n) is 6.82. The highest BCUT2D eigenvalue weighted by molar-refractivity contribution is 7.98. The van der Waals surface area contributed by atoms with Crippen LogP contribution in [0.5, 0.6) is 0 Å². The molecule has 0 unspecified atom stereocenters. The minimum Gasteiger partial charge on any atom is -0.334 e. The lowest BCUT2D eigenvalue weighted by molar-refractivity contribution is 0.425. The molecule has 1 aliphatic rings. The van der Waals surface area contributed by atoms with E-state index < -0.39 is 0 Å². The zero-order valence-corrected chi connectivity index (χ0v) is 17.0. The molecule has 0 saturated heterocycles. The fraction of sp³-hybridized carbons (Fsp3) is 0.300. The van der Waals surface area contributed by atoms with Crippen molar-refractivity contribution in [2.24, 2.45) is 7.05 Å². The second-order valence-corrected chi connectivity index (χ2v) is 8.85. The Morgan fingerprint density at radius 2 is 2.00 bits per heavy atom. The van der Waals surface area contributed by atoms with E-state index in [4.69, 9.17) is 9.51 Å². The van der Waals surface area contributed by atoms with Gasteiger partial charge in [0.05, 0.1) is 11.1 Å². The topological polar surface area (TPSA) is 73.8 Å². The van der Waals surface area contributed by atoms with E-state index >= 15 is 0 Å². The third-order valence-electron chi connectivity index (χ3n) is 4.97.